The van der Waals surface area contributed by atoms with Crippen LogP contribution in [0.25, 0.3) is 0 Å². The summed E-state index contributed by atoms with van der Waals surface area (Å²) in [7, 11) is 0. The minimum Gasteiger partial charge on any atom is -0.393 e. The molecule has 4 aliphatic carbocycles. The Hall–Kier alpha value is -0.600. The number of fused-ring (bicyclic) bond motifs is 5. The normalized spacial score (nSPS) is 46.7. The highest BCUT2D eigenvalue weighted by atomic mass is 16.3. The third-order valence-corrected chi connectivity index (χ3v) is 11.9. The Kier molecular flexibility index (Phi) is 6.33. The van der Waals surface area contributed by atoms with Gasteiger partial charge in [-0.2, -0.15) is 0 Å². The van der Waals surface area contributed by atoms with Crippen LogP contribution in [0.4, 0.5) is 0 Å². The molecule has 3 unspecified atom stereocenters. The zero-order valence-electron chi connectivity index (χ0n) is 22.0. The minimum atomic E-state index is -0.153. The molecule has 0 aromatic rings. The molecule has 32 heavy (non-hydrogen) atoms. The van der Waals surface area contributed by atoms with Gasteiger partial charge in [-0.25, -0.2) is 0 Å². The molecule has 0 heterocycles. The van der Waals surface area contributed by atoms with Crippen LogP contribution in [0, 0.1) is 45.3 Å². The molecular formula is C30H50O2. The van der Waals surface area contributed by atoms with E-state index >= 15 is 0 Å². The van der Waals surface area contributed by atoms with Gasteiger partial charge in [-0.1, -0.05) is 64.8 Å². The van der Waals surface area contributed by atoms with E-state index in [-0.39, 0.29) is 18.1 Å². The fraction of sp³-hybridized carbons (Fsp3) is 0.867. The van der Waals surface area contributed by atoms with Crippen molar-refractivity contribution in [3.05, 3.63) is 23.3 Å². The predicted octanol–water partition coefficient (Wildman–Crippen LogP) is 7.31. The monoisotopic (exact) mass is 442 g/mol. The maximum Gasteiger partial charge on any atom is 0.0639 e. The fourth-order valence-electron chi connectivity index (χ4n) is 9.51. The van der Waals surface area contributed by atoms with Crippen molar-refractivity contribution in [3.8, 4) is 0 Å². The topological polar surface area (TPSA) is 40.5 Å². The lowest BCUT2D eigenvalue weighted by Gasteiger charge is -2.64. The van der Waals surface area contributed by atoms with Crippen molar-refractivity contribution in [2.75, 3.05) is 6.61 Å². The molecule has 0 aromatic carbocycles. The standard InChI is InChI=1S/C30H50O2/c1-20(19-31)9-8-10-21(2)22-13-17-30(7)24-11-12-25-27(3,4)26(32)15-16-28(25,5)23(24)14-18-29(22,30)6/h9,11,21-23,25-26,31-32H,8,10,12-19H2,1-7H3/b20-9-/t21?,22-,23?,25?,26-,28+,29-,30+/m0/s1. The van der Waals surface area contributed by atoms with E-state index in [4.69, 9.17) is 0 Å². The molecule has 2 heteroatoms. The Morgan fingerprint density at radius 3 is 2.50 bits per heavy atom. The van der Waals surface area contributed by atoms with E-state index in [1.807, 2.05) is 12.5 Å². The second-order valence-electron chi connectivity index (χ2n) is 13.6. The summed E-state index contributed by atoms with van der Waals surface area (Å²) >= 11 is 0. The van der Waals surface area contributed by atoms with Crippen LogP contribution in [0.3, 0.4) is 0 Å². The fourth-order valence-corrected chi connectivity index (χ4v) is 9.51. The molecule has 4 aliphatic rings. The van der Waals surface area contributed by atoms with E-state index in [9.17, 15) is 10.2 Å². The highest BCUT2D eigenvalue weighted by Gasteiger charge is 2.65. The average Bonchev–Trinajstić information content (AvgIpc) is 3.02. The molecule has 0 bridgehead atoms. The van der Waals surface area contributed by atoms with Gasteiger partial charge in [-0.3, -0.25) is 0 Å². The zero-order valence-corrected chi connectivity index (χ0v) is 22.0. The van der Waals surface area contributed by atoms with Crippen molar-refractivity contribution < 1.29 is 10.2 Å². The SMILES string of the molecule is C/C(=C/CCC(C)[C@@H]1CC[C@]2(C)C3=CCC4C(C)(C)[C@@H](O)CC[C@]4(C)C3CC[C@@]12C)CO. The summed E-state index contributed by atoms with van der Waals surface area (Å²) in [6.07, 6.45) is 15.8. The van der Waals surface area contributed by atoms with Gasteiger partial charge >= 0.3 is 0 Å². The Labute approximate surface area is 198 Å². The van der Waals surface area contributed by atoms with Crippen LogP contribution in [0.15, 0.2) is 23.3 Å². The maximum atomic E-state index is 10.8. The molecule has 3 saturated carbocycles. The number of aliphatic hydroxyl groups excluding tert-OH is 2. The summed E-state index contributed by atoms with van der Waals surface area (Å²) in [5.41, 5.74) is 4.01. The summed E-state index contributed by atoms with van der Waals surface area (Å²) < 4.78 is 0. The number of rotatable bonds is 5. The van der Waals surface area contributed by atoms with E-state index in [2.05, 4.69) is 53.7 Å². The summed E-state index contributed by atoms with van der Waals surface area (Å²) in [4.78, 5) is 0. The molecule has 2 nitrogen and oxygen atoms in total. The van der Waals surface area contributed by atoms with E-state index in [0.717, 1.165) is 36.7 Å². The average molecular weight is 443 g/mol. The first-order valence-corrected chi connectivity index (χ1v) is 13.6. The van der Waals surface area contributed by atoms with E-state index in [1.54, 1.807) is 0 Å². The minimum absolute atomic E-state index is 0.0175. The lowest BCUT2D eigenvalue weighted by atomic mass is 9.41. The molecular weight excluding hydrogens is 392 g/mol. The number of aliphatic hydroxyl groups is 2. The number of hydrogen-bond donors (Lipinski definition) is 2. The molecule has 0 aromatic heterocycles. The van der Waals surface area contributed by atoms with Crippen molar-refractivity contribution in [2.24, 2.45) is 45.3 Å². The zero-order chi connectivity index (χ0) is 23.5. The highest BCUT2D eigenvalue weighted by Crippen LogP contribution is 2.73. The third-order valence-electron chi connectivity index (χ3n) is 11.9. The molecule has 4 rings (SSSR count). The van der Waals surface area contributed by atoms with Gasteiger partial charge in [-0.15, -0.1) is 0 Å². The van der Waals surface area contributed by atoms with E-state index in [1.165, 1.54) is 38.5 Å². The van der Waals surface area contributed by atoms with E-state index in [0.29, 0.717) is 28.1 Å². The second kappa shape index (κ2) is 8.26. The maximum absolute atomic E-state index is 10.8. The van der Waals surface area contributed by atoms with Crippen molar-refractivity contribution >= 4 is 0 Å². The molecule has 0 aliphatic heterocycles. The van der Waals surface area contributed by atoms with Crippen LogP contribution >= 0.6 is 0 Å². The summed E-state index contributed by atoms with van der Waals surface area (Å²) in [6.45, 7) is 17.2. The summed E-state index contributed by atoms with van der Waals surface area (Å²) in [5.74, 6) is 2.83. The second-order valence-corrected chi connectivity index (χ2v) is 13.6. The van der Waals surface area contributed by atoms with Gasteiger partial charge in [0.25, 0.3) is 0 Å². The Morgan fingerprint density at radius 1 is 1.09 bits per heavy atom. The van der Waals surface area contributed by atoms with Crippen LogP contribution in [0.5, 0.6) is 0 Å². The Balaban J connectivity index is 1.59. The Morgan fingerprint density at radius 2 is 1.81 bits per heavy atom. The van der Waals surface area contributed by atoms with Gasteiger partial charge in [0.15, 0.2) is 0 Å². The first-order valence-electron chi connectivity index (χ1n) is 13.6. The quantitative estimate of drug-likeness (QED) is 0.438. The van der Waals surface area contributed by atoms with E-state index < -0.39 is 0 Å². The van der Waals surface area contributed by atoms with Crippen molar-refractivity contribution in [2.45, 2.75) is 112 Å². The number of hydrogen-bond acceptors (Lipinski definition) is 2. The first-order chi connectivity index (χ1) is 14.9. The van der Waals surface area contributed by atoms with Crippen LogP contribution < -0.4 is 0 Å². The van der Waals surface area contributed by atoms with Gasteiger partial charge < -0.3 is 10.2 Å². The summed E-state index contributed by atoms with van der Waals surface area (Å²) in [5, 5.41) is 20.1. The largest absolute Gasteiger partial charge is 0.393 e. The van der Waals surface area contributed by atoms with Gasteiger partial charge in [0, 0.05) is 0 Å². The van der Waals surface area contributed by atoms with Crippen molar-refractivity contribution in [1.82, 2.24) is 0 Å². The lowest BCUT2D eigenvalue weighted by Crippen LogP contribution is -2.58. The molecule has 2 N–H and O–H groups in total. The molecule has 0 spiro atoms. The molecule has 8 atom stereocenters. The van der Waals surface area contributed by atoms with Gasteiger partial charge in [0.2, 0.25) is 0 Å². The first kappa shape index (κ1) is 24.5. The molecule has 3 fully saturated rings. The van der Waals surface area contributed by atoms with Crippen LogP contribution in [0.2, 0.25) is 0 Å². The van der Waals surface area contributed by atoms with Crippen molar-refractivity contribution in [3.63, 3.8) is 0 Å². The molecule has 0 amide bonds. The van der Waals surface area contributed by atoms with Gasteiger partial charge in [0.1, 0.15) is 0 Å². The predicted molar refractivity (Wildman–Crippen MR) is 134 cm³/mol. The molecule has 0 saturated heterocycles. The smallest absolute Gasteiger partial charge is 0.0639 e. The molecule has 182 valence electrons. The van der Waals surface area contributed by atoms with Crippen molar-refractivity contribution in [1.29, 1.82) is 0 Å². The van der Waals surface area contributed by atoms with Crippen LogP contribution in [-0.4, -0.2) is 22.9 Å². The number of allylic oxidation sites excluding steroid dienone is 3. The molecule has 0 radical (unpaired) electrons. The Bertz CT molecular complexity index is 778. The van der Waals surface area contributed by atoms with Gasteiger partial charge in [-0.05, 0) is 110 Å². The summed E-state index contributed by atoms with van der Waals surface area (Å²) in [6, 6.07) is 0. The lowest BCUT2D eigenvalue weighted by molar-refractivity contribution is -0.131. The third kappa shape index (κ3) is 3.41. The van der Waals surface area contributed by atoms with Gasteiger partial charge in [0.05, 0.1) is 12.7 Å². The highest BCUT2D eigenvalue weighted by molar-refractivity contribution is 5.33. The van der Waals surface area contributed by atoms with Crippen LogP contribution in [-0.2, 0) is 0 Å². The van der Waals surface area contributed by atoms with Crippen LogP contribution in [0.1, 0.15) is 106 Å².